The van der Waals surface area contributed by atoms with Crippen molar-refractivity contribution in [3.05, 3.63) is 0 Å². The third-order valence-corrected chi connectivity index (χ3v) is 4.12. The van der Waals surface area contributed by atoms with Gasteiger partial charge in [-0.25, -0.2) is 0 Å². The second kappa shape index (κ2) is 10.2. The summed E-state index contributed by atoms with van der Waals surface area (Å²) in [6.45, 7) is 0.833. The highest BCUT2D eigenvalue weighted by atomic mass is 35.5. The average Bonchev–Trinajstić information content (AvgIpc) is 2.57. The summed E-state index contributed by atoms with van der Waals surface area (Å²) in [5, 5.41) is 7.87. The first-order valence-corrected chi connectivity index (χ1v) is 8.12. The number of methoxy groups -OCH3 is 1. The molecule has 9 nitrogen and oxygen atoms in total. The molecule has 0 aliphatic carbocycles. The van der Waals surface area contributed by atoms with Crippen molar-refractivity contribution in [2.75, 3.05) is 33.4 Å². The van der Waals surface area contributed by atoms with E-state index in [-0.39, 0.29) is 62.2 Å². The molecule has 2 saturated heterocycles. The Balaban J connectivity index is 0.00000312. The standard InChI is InChI=1S/C15H24N4O5.ClH/c1-24-9-11-15(23)17-10-3-2-6-19(8-10)14(22)5-4-12(20)16-7-13(21)18-11;/h10-11H,2-9H2,1H3,(H,16,20)(H,17,23)(H,18,21);1H. The lowest BCUT2D eigenvalue weighted by molar-refractivity contribution is -0.136. The van der Waals surface area contributed by atoms with E-state index in [4.69, 9.17) is 4.74 Å². The van der Waals surface area contributed by atoms with E-state index < -0.39 is 11.9 Å². The Kier molecular flexibility index (Phi) is 8.64. The number of halogens is 1. The minimum atomic E-state index is -0.839. The molecule has 2 atom stereocenters. The molecule has 3 N–H and O–H groups in total. The first-order valence-electron chi connectivity index (χ1n) is 8.12. The number of amides is 4. The predicted molar refractivity (Wildman–Crippen MR) is 91.0 cm³/mol. The molecule has 0 aromatic rings. The van der Waals surface area contributed by atoms with E-state index in [1.54, 1.807) is 4.90 Å². The van der Waals surface area contributed by atoms with Crippen LogP contribution in [0.1, 0.15) is 25.7 Å². The van der Waals surface area contributed by atoms with Gasteiger partial charge in [-0.15, -0.1) is 12.4 Å². The van der Waals surface area contributed by atoms with Gasteiger partial charge in [0, 0.05) is 39.1 Å². The van der Waals surface area contributed by atoms with Gasteiger partial charge in [0.2, 0.25) is 23.6 Å². The number of fused-ring (bicyclic) bond motifs is 2. The zero-order valence-corrected chi connectivity index (χ0v) is 15.0. The smallest absolute Gasteiger partial charge is 0.245 e. The number of ether oxygens (including phenoxy) is 1. The van der Waals surface area contributed by atoms with Crippen LogP contribution < -0.4 is 16.0 Å². The molecule has 2 unspecified atom stereocenters. The fourth-order valence-corrected chi connectivity index (χ4v) is 2.86. The predicted octanol–water partition coefficient (Wildman–Crippen LogP) is -1.44. The van der Waals surface area contributed by atoms with Gasteiger partial charge >= 0.3 is 0 Å². The summed E-state index contributed by atoms with van der Waals surface area (Å²) in [4.78, 5) is 49.8. The molecular formula is C15H25ClN4O5. The molecule has 0 saturated carbocycles. The van der Waals surface area contributed by atoms with Crippen LogP contribution in [0.5, 0.6) is 0 Å². The van der Waals surface area contributed by atoms with Crippen molar-refractivity contribution in [2.24, 2.45) is 0 Å². The highest BCUT2D eigenvalue weighted by Gasteiger charge is 2.28. The molecule has 2 aliphatic rings. The lowest BCUT2D eigenvalue weighted by Gasteiger charge is -2.34. The second-order valence-corrected chi connectivity index (χ2v) is 6.04. The number of hydrogen-bond acceptors (Lipinski definition) is 5. The van der Waals surface area contributed by atoms with Crippen LogP contribution >= 0.6 is 12.4 Å². The van der Waals surface area contributed by atoms with E-state index in [0.717, 1.165) is 12.8 Å². The van der Waals surface area contributed by atoms with E-state index in [1.807, 2.05) is 0 Å². The van der Waals surface area contributed by atoms with Crippen LogP contribution in [0.25, 0.3) is 0 Å². The highest BCUT2D eigenvalue weighted by molar-refractivity contribution is 5.91. The molecule has 2 heterocycles. The number of carbonyl (C=O) groups is 4. The zero-order chi connectivity index (χ0) is 17.5. The molecule has 0 aromatic heterocycles. The van der Waals surface area contributed by atoms with E-state index >= 15 is 0 Å². The van der Waals surface area contributed by atoms with E-state index in [2.05, 4.69) is 16.0 Å². The maximum absolute atomic E-state index is 12.4. The minimum absolute atomic E-state index is 0. The molecule has 142 valence electrons. The van der Waals surface area contributed by atoms with Crippen molar-refractivity contribution >= 4 is 36.0 Å². The van der Waals surface area contributed by atoms with Crippen LogP contribution in [0.3, 0.4) is 0 Å². The Morgan fingerprint density at radius 3 is 2.60 bits per heavy atom. The largest absolute Gasteiger partial charge is 0.382 e. The number of hydrogen-bond donors (Lipinski definition) is 3. The van der Waals surface area contributed by atoms with Crippen LogP contribution in [0.4, 0.5) is 0 Å². The number of carbonyl (C=O) groups excluding carboxylic acids is 4. The zero-order valence-electron chi connectivity index (χ0n) is 14.2. The second-order valence-electron chi connectivity index (χ2n) is 6.04. The topological polar surface area (TPSA) is 117 Å². The Bertz CT molecular complexity index is 516. The van der Waals surface area contributed by atoms with Crippen LogP contribution in [0.15, 0.2) is 0 Å². The van der Waals surface area contributed by atoms with Crippen LogP contribution in [-0.2, 0) is 23.9 Å². The lowest BCUT2D eigenvalue weighted by atomic mass is 10.0. The van der Waals surface area contributed by atoms with Gasteiger partial charge in [0.15, 0.2) is 0 Å². The van der Waals surface area contributed by atoms with Gasteiger partial charge in [-0.2, -0.15) is 0 Å². The fourth-order valence-electron chi connectivity index (χ4n) is 2.86. The monoisotopic (exact) mass is 376 g/mol. The molecular weight excluding hydrogens is 352 g/mol. The molecule has 0 spiro atoms. The van der Waals surface area contributed by atoms with Gasteiger partial charge < -0.3 is 25.6 Å². The summed E-state index contributed by atoms with van der Waals surface area (Å²) >= 11 is 0. The molecule has 25 heavy (non-hydrogen) atoms. The van der Waals surface area contributed by atoms with Crippen molar-refractivity contribution in [3.8, 4) is 0 Å². The molecule has 2 rings (SSSR count). The first-order chi connectivity index (χ1) is 11.5. The van der Waals surface area contributed by atoms with Crippen molar-refractivity contribution in [1.82, 2.24) is 20.9 Å². The third kappa shape index (κ3) is 6.50. The normalized spacial score (nSPS) is 25.9. The summed E-state index contributed by atoms with van der Waals surface area (Å²) in [6.07, 6.45) is 1.69. The maximum atomic E-state index is 12.4. The molecule has 10 heteroatoms. The van der Waals surface area contributed by atoms with Gasteiger partial charge in [-0.3, -0.25) is 19.2 Å². The van der Waals surface area contributed by atoms with Crippen LogP contribution in [0.2, 0.25) is 0 Å². The number of piperidine rings is 1. The maximum Gasteiger partial charge on any atom is 0.245 e. The number of nitrogens with zero attached hydrogens (tertiary/aromatic N) is 1. The van der Waals surface area contributed by atoms with Gasteiger partial charge in [0.05, 0.1) is 13.2 Å². The Hall–Kier alpha value is -1.87. The Morgan fingerprint density at radius 2 is 1.88 bits per heavy atom. The third-order valence-electron chi connectivity index (χ3n) is 4.12. The summed E-state index contributed by atoms with van der Waals surface area (Å²) in [7, 11) is 1.44. The minimum Gasteiger partial charge on any atom is -0.382 e. The van der Waals surface area contributed by atoms with Crippen LogP contribution in [-0.4, -0.2) is 74.0 Å². The van der Waals surface area contributed by atoms with Crippen molar-refractivity contribution in [2.45, 2.75) is 37.8 Å². The molecule has 2 fully saturated rings. The molecule has 0 aromatic carbocycles. The van der Waals surface area contributed by atoms with Crippen molar-refractivity contribution in [1.29, 1.82) is 0 Å². The summed E-state index contributed by atoms with van der Waals surface area (Å²) in [5.41, 5.74) is 0. The summed E-state index contributed by atoms with van der Waals surface area (Å²) in [5.74, 6) is -1.31. The summed E-state index contributed by atoms with van der Waals surface area (Å²) < 4.78 is 4.98. The van der Waals surface area contributed by atoms with Gasteiger partial charge in [-0.1, -0.05) is 0 Å². The molecule has 2 aliphatic heterocycles. The molecule has 0 radical (unpaired) electrons. The SMILES string of the molecule is COCC1NC(=O)CNC(=O)CCC(=O)N2CCCC(C2)NC1=O.Cl. The number of nitrogens with one attached hydrogen (secondary N) is 3. The highest BCUT2D eigenvalue weighted by Crippen LogP contribution is 2.12. The summed E-state index contributed by atoms with van der Waals surface area (Å²) in [6, 6.07) is -1.00. The average molecular weight is 377 g/mol. The quantitative estimate of drug-likeness (QED) is 0.545. The van der Waals surface area contributed by atoms with Gasteiger partial charge in [-0.05, 0) is 12.8 Å². The van der Waals surface area contributed by atoms with Crippen LogP contribution in [0, 0.1) is 0 Å². The molecule has 2 bridgehead atoms. The van der Waals surface area contributed by atoms with E-state index in [0.29, 0.717) is 13.1 Å². The van der Waals surface area contributed by atoms with Crippen molar-refractivity contribution < 1.29 is 23.9 Å². The van der Waals surface area contributed by atoms with E-state index in [1.165, 1.54) is 7.11 Å². The van der Waals surface area contributed by atoms with Crippen molar-refractivity contribution in [3.63, 3.8) is 0 Å². The fraction of sp³-hybridized carbons (Fsp3) is 0.733. The van der Waals surface area contributed by atoms with Gasteiger partial charge in [0.1, 0.15) is 6.04 Å². The Morgan fingerprint density at radius 1 is 1.12 bits per heavy atom. The van der Waals surface area contributed by atoms with E-state index in [9.17, 15) is 19.2 Å². The Labute approximate surface area is 152 Å². The lowest BCUT2D eigenvalue weighted by Crippen LogP contribution is -2.57. The molecule has 4 amide bonds. The van der Waals surface area contributed by atoms with Gasteiger partial charge in [0.25, 0.3) is 0 Å². The number of rotatable bonds is 2. The first kappa shape index (κ1) is 21.2.